The number of hydrogen-bond donors (Lipinski definition) is 2. The Kier molecular flexibility index (Phi) is 5.69. The van der Waals surface area contributed by atoms with Gasteiger partial charge in [0.1, 0.15) is 0 Å². The Morgan fingerprint density at radius 1 is 1.09 bits per heavy atom. The van der Waals surface area contributed by atoms with E-state index in [4.69, 9.17) is 0 Å². The van der Waals surface area contributed by atoms with Gasteiger partial charge in [0.05, 0.1) is 0 Å². The average Bonchev–Trinajstić information content (AvgIpc) is 2.51. The number of hydrogen-bond acceptors (Lipinski definition) is 2. The Labute approximate surface area is 136 Å². The molecule has 0 spiro atoms. The number of aryl methyl sites for hydroxylation is 1. The lowest BCUT2D eigenvalue weighted by Gasteiger charge is -2.06. The molecule has 2 aromatic carbocycles. The molecule has 2 rings (SSSR count). The molecule has 0 heterocycles. The lowest BCUT2D eigenvalue weighted by molar-refractivity contribution is -0.116. The Morgan fingerprint density at radius 2 is 1.87 bits per heavy atom. The number of anilines is 1. The maximum Gasteiger partial charge on any atom is 0.244 e. The minimum atomic E-state index is -0.156. The van der Waals surface area contributed by atoms with Crippen LogP contribution in [0.15, 0.2) is 54.6 Å². The topological polar surface area (TPSA) is 58.2 Å². The lowest BCUT2D eigenvalue weighted by Crippen LogP contribution is -2.20. The SMILES string of the molecule is CC(=O)Nc1cccc(CNC(=O)/C=C/c2cccc(C)c2)c1. The van der Waals surface area contributed by atoms with Crippen molar-refractivity contribution in [2.75, 3.05) is 5.32 Å². The van der Waals surface area contributed by atoms with E-state index >= 15 is 0 Å². The van der Waals surface area contributed by atoms with Crippen molar-refractivity contribution in [3.8, 4) is 0 Å². The monoisotopic (exact) mass is 308 g/mol. The summed E-state index contributed by atoms with van der Waals surface area (Å²) in [7, 11) is 0. The number of nitrogens with one attached hydrogen (secondary N) is 2. The molecule has 0 aliphatic carbocycles. The van der Waals surface area contributed by atoms with Crippen LogP contribution in [0.3, 0.4) is 0 Å². The van der Waals surface area contributed by atoms with Crippen molar-refractivity contribution in [3.05, 3.63) is 71.3 Å². The first kappa shape index (κ1) is 16.5. The third kappa shape index (κ3) is 5.79. The van der Waals surface area contributed by atoms with Crippen molar-refractivity contribution in [2.24, 2.45) is 0 Å². The second-order valence-electron chi connectivity index (χ2n) is 5.35. The minimum absolute atomic E-state index is 0.118. The molecule has 2 amide bonds. The van der Waals surface area contributed by atoms with E-state index in [2.05, 4.69) is 10.6 Å². The molecule has 0 fully saturated rings. The Balaban J connectivity index is 1.90. The lowest BCUT2D eigenvalue weighted by atomic mass is 10.1. The zero-order chi connectivity index (χ0) is 16.7. The number of amides is 2. The summed E-state index contributed by atoms with van der Waals surface area (Å²) in [6, 6.07) is 15.3. The van der Waals surface area contributed by atoms with Crippen LogP contribution in [0.5, 0.6) is 0 Å². The van der Waals surface area contributed by atoms with Gasteiger partial charge < -0.3 is 10.6 Å². The molecule has 0 aliphatic heterocycles. The predicted molar refractivity (Wildman–Crippen MR) is 92.8 cm³/mol. The zero-order valence-corrected chi connectivity index (χ0v) is 13.3. The van der Waals surface area contributed by atoms with Crippen LogP contribution >= 0.6 is 0 Å². The molecule has 0 bridgehead atoms. The summed E-state index contributed by atoms with van der Waals surface area (Å²) in [6.45, 7) is 3.88. The van der Waals surface area contributed by atoms with E-state index in [0.717, 1.165) is 22.4 Å². The first-order chi connectivity index (χ1) is 11.0. The first-order valence-electron chi connectivity index (χ1n) is 7.42. The summed E-state index contributed by atoms with van der Waals surface area (Å²) >= 11 is 0. The smallest absolute Gasteiger partial charge is 0.244 e. The van der Waals surface area contributed by atoms with Crippen molar-refractivity contribution in [3.63, 3.8) is 0 Å². The number of rotatable bonds is 5. The predicted octanol–water partition coefficient (Wildman–Crippen LogP) is 3.28. The minimum Gasteiger partial charge on any atom is -0.348 e. The van der Waals surface area contributed by atoms with Crippen LogP contribution in [0.1, 0.15) is 23.6 Å². The first-order valence-corrected chi connectivity index (χ1v) is 7.42. The van der Waals surface area contributed by atoms with E-state index in [-0.39, 0.29) is 11.8 Å². The molecular formula is C19H20N2O2. The van der Waals surface area contributed by atoms with Gasteiger partial charge in [-0.15, -0.1) is 0 Å². The van der Waals surface area contributed by atoms with Gasteiger partial charge in [-0.05, 0) is 36.3 Å². The molecule has 0 radical (unpaired) electrons. The van der Waals surface area contributed by atoms with Crippen LogP contribution < -0.4 is 10.6 Å². The van der Waals surface area contributed by atoms with Gasteiger partial charge in [-0.1, -0.05) is 42.0 Å². The number of benzene rings is 2. The summed E-state index contributed by atoms with van der Waals surface area (Å²) in [5, 5.41) is 5.55. The molecule has 0 saturated carbocycles. The van der Waals surface area contributed by atoms with Gasteiger partial charge in [0.25, 0.3) is 0 Å². The highest BCUT2D eigenvalue weighted by molar-refractivity contribution is 5.91. The summed E-state index contributed by atoms with van der Waals surface area (Å²) in [5.41, 5.74) is 3.79. The van der Waals surface area contributed by atoms with E-state index in [0.29, 0.717) is 6.54 Å². The molecule has 2 N–H and O–H groups in total. The van der Waals surface area contributed by atoms with Gasteiger partial charge >= 0.3 is 0 Å². The van der Waals surface area contributed by atoms with E-state index in [1.165, 1.54) is 13.0 Å². The molecule has 0 aliphatic rings. The maximum absolute atomic E-state index is 11.9. The molecule has 4 heteroatoms. The molecule has 4 nitrogen and oxygen atoms in total. The Bertz CT molecular complexity index is 736. The summed E-state index contributed by atoms with van der Waals surface area (Å²) in [5.74, 6) is -0.274. The van der Waals surface area contributed by atoms with Gasteiger partial charge in [0.15, 0.2) is 0 Å². The van der Waals surface area contributed by atoms with E-state index in [9.17, 15) is 9.59 Å². The van der Waals surface area contributed by atoms with Crippen molar-refractivity contribution in [1.82, 2.24) is 5.32 Å². The maximum atomic E-state index is 11.9. The highest BCUT2D eigenvalue weighted by Gasteiger charge is 2.00. The molecule has 0 atom stereocenters. The normalized spacial score (nSPS) is 10.5. The standard InChI is InChI=1S/C19H20N2O2/c1-14-5-3-6-16(11-14)9-10-19(23)20-13-17-7-4-8-18(12-17)21-15(2)22/h3-12H,13H2,1-2H3,(H,20,23)(H,21,22)/b10-9+. The van der Waals surface area contributed by atoms with Crippen LogP contribution in [-0.4, -0.2) is 11.8 Å². The number of carbonyl (C=O) groups is 2. The van der Waals surface area contributed by atoms with Crippen molar-refractivity contribution >= 4 is 23.6 Å². The fraction of sp³-hybridized carbons (Fsp3) is 0.158. The third-order valence-corrected chi connectivity index (χ3v) is 3.18. The number of carbonyl (C=O) groups excluding carboxylic acids is 2. The van der Waals surface area contributed by atoms with Crippen LogP contribution in [0.4, 0.5) is 5.69 Å². The quantitative estimate of drug-likeness (QED) is 0.833. The molecule has 23 heavy (non-hydrogen) atoms. The summed E-state index contributed by atoms with van der Waals surface area (Å²) < 4.78 is 0. The highest BCUT2D eigenvalue weighted by Crippen LogP contribution is 2.10. The van der Waals surface area contributed by atoms with Gasteiger partial charge in [-0.3, -0.25) is 9.59 Å². The fourth-order valence-corrected chi connectivity index (χ4v) is 2.16. The van der Waals surface area contributed by atoms with Crippen LogP contribution in [0.2, 0.25) is 0 Å². The van der Waals surface area contributed by atoms with E-state index < -0.39 is 0 Å². The molecule has 118 valence electrons. The zero-order valence-electron chi connectivity index (χ0n) is 13.3. The van der Waals surface area contributed by atoms with Crippen LogP contribution in [0.25, 0.3) is 6.08 Å². The highest BCUT2D eigenvalue weighted by atomic mass is 16.2. The Morgan fingerprint density at radius 3 is 2.61 bits per heavy atom. The Hall–Kier alpha value is -2.88. The van der Waals surface area contributed by atoms with Gasteiger partial charge in [-0.25, -0.2) is 0 Å². The summed E-state index contributed by atoms with van der Waals surface area (Å²) in [6.07, 6.45) is 3.31. The average molecular weight is 308 g/mol. The van der Waals surface area contributed by atoms with Gasteiger partial charge in [-0.2, -0.15) is 0 Å². The van der Waals surface area contributed by atoms with E-state index in [1.807, 2.05) is 55.5 Å². The van der Waals surface area contributed by atoms with Crippen molar-refractivity contribution in [1.29, 1.82) is 0 Å². The molecule has 0 unspecified atom stereocenters. The van der Waals surface area contributed by atoms with Gasteiger partial charge in [0.2, 0.25) is 11.8 Å². The third-order valence-electron chi connectivity index (χ3n) is 3.18. The molecule has 2 aromatic rings. The fourth-order valence-electron chi connectivity index (χ4n) is 2.16. The second-order valence-corrected chi connectivity index (χ2v) is 5.35. The van der Waals surface area contributed by atoms with Crippen molar-refractivity contribution < 1.29 is 9.59 Å². The second kappa shape index (κ2) is 7.94. The van der Waals surface area contributed by atoms with Crippen LogP contribution in [0, 0.1) is 6.92 Å². The van der Waals surface area contributed by atoms with Crippen LogP contribution in [-0.2, 0) is 16.1 Å². The largest absolute Gasteiger partial charge is 0.348 e. The molecule has 0 saturated heterocycles. The molecule has 0 aromatic heterocycles. The van der Waals surface area contributed by atoms with E-state index in [1.54, 1.807) is 6.08 Å². The van der Waals surface area contributed by atoms with Crippen molar-refractivity contribution in [2.45, 2.75) is 20.4 Å². The summed E-state index contributed by atoms with van der Waals surface area (Å²) in [4.78, 5) is 22.9. The molecular weight excluding hydrogens is 288 g/mol. The van der Waals surface area contributed by atoms with Gasteiger partial charge in [0, 0.05) is 25.2 Å².